The molecule has 0 unspecified atom stereocenters. The molecule has 8 heteroatoms. The van der Waals surface area contributed by atoms with E-state index in [1.165, 1.54) is 15.6 Å². The number of thiocarbonyl (C=S) groups is 1. The quantitative estimate of drug-likeness (QED) is 0.841. The van der Waals surface area contributed by atoms with Gasteiger partial charge in [0.05, 0.1) is 0 Å². The molecule has 0 spiro atoms. The first kappa shape index (κ1) is 14.7. The van der Waals surface area contributed by atoms with Crippen LogP contribution in [0.5, 0.6) is 0 Å². The number of hydrogen-bond acceptors (Lipinski definition) is 4. The molecule has 1 aromatic heterocycles. The van der Waals surface area contributed by atoms with Gasteiger partial charge in [-0.15, -0.1) is 11.3 Å². The summed E-state index contributed by atoms with van der Waals surface area (Å²) in [7, 11) is -3.32. The number of nitrogens with one attached hydrogen (secondary N) is 1. The Morgan fingerprint density at radius 3 is 2.63 bits per heavy atom. The van der Waals surface area contributed by atoms with Crippen LogP contribution in [0.25, 0.3) is 0 Å². The molecule has 19 heavy (non-hydrogen) atoms. The van der Waals surface area contributed by atoms with Crippen LogP contribution < -0.4 is 5.32 Å². The number of piperazine rings is 1. The molecule has 106 valence electrons. The minimum Gasteiger partial charge on any atom is -0.363 e. The van der Waals surface area contributed by atoms with Crippen molar-refractivity contribution in [2.24, 2.45) is 0 Å². The maximum atomic E-state index is 12.3. The fraction of sp³-hybridized carbons (Fsp3) is 0.545. The molecular weight excluding hydrogens is 302 g/mol. The van der Waals surface area contributed by atoms with Gasteiger partial charge in [0.25, 0.3) is 10.0 Å². The highest BCUT2D eigenvalue weighted by molar-refractivity contribution is 7.91. The van der Waals surface area contributed by atoms with Gasteiger partial charge in [-0.25, -0.2) is 8.42 Å². The van der Waals surface area contributed by atoms with E-state index in [9.17, 15) is 8.42 Å². The fourth-order valence-electron chi connectivity index (χ4n) is 1.93. The van der Waals surface area contributed by atoms with Crippen LogP contribution in [0.1, 0.15) is 6.92 Å². The Labute approximate surface area is 123 Å². The molecule has 0 saturated carbocycles. The first-order chi connectivity index (χ1) is 9.05. The molecule has 0 aliphatic carbocycles. The molecule has 1 N–H and O–H groups in total. The molecule has 1 aliphatic rings. The molecular formula is C11H17N3O2S3. The summed E-state index contributed by atoms with van der Waals surface area (Å²) in [6.07, 6.45) is 0. The van der Waals surface area contributed by atoms with Gasteiger partial charge in [0.15, 0.2) is 5.11 Å². The van der Waals surface area contributed by atoms with E-state index >= 15 is 0 Å². The summed E-state index contributed by atoms with van der Waals surface area (Å²) in [6.45, 7) is 5.00. The molecule has 2 heterocycles. The molecule has 1 aliphatic heterocycles. The molecule has 0 amide bonds. The van der Waals surface area contributed by atoms with Gasteiger partial charge in [0.2, 0.25) is 0 Å². The largest absolute Gasteiger partial charge is 0.363 e. The lowest BCUT2D eigenvalue weighted by Crippen LogP contribution is -2.52. The normalized spacial score (nSPS) is 17.4. The molecule has 2 rings (SSSR count). The van der Waals surface area contributed by atoms with E-state index in [0.29, 0.717) is 35.5 Å². The third-order valence-electron chi connectivity index (χ3n) is 2.94. The first-order valence-corrected chi connectivity index (χ1v) is 8.85. The summed E-state index contributed by atoms with van der Waals surface area (Å²) in [5, 5.41) is 5.57. The van der Waals surface area contributed by atoms with Crippen LogP contribution in [0.2, 0.25) is 0 Å². The zero-order chi connectivity index (χ0) is 13.9. The third-order valence-corrected chi connectivity index (χ3v) is 6.62. The van der Waals surface area contributed by atoms with Gasteiger partial charge in [0, 0.05) is 32.7 Å². The van der Waals surface area contributed by atoms with E-state index in [2.05, 4.69) is 5.32 Å². The Hall–Kier alpha value is -0.700. The summed E-state index contributed by atoms with van der Waals surface area (Å²) in [5.41, 5.74) is 0. The van der Waals surface area contributed by atoms with E-state index in [0.717, 1.165) is 6.54 Å². The van der Waals surface area contributed by atoms with Crippen molar-refractivity contribution < 1.29 is 8.42 Å². The van der Waals surface area contributed by atoms with Crippen LogP contribution in [0, 0.1) is 0 Å². The summed E-state index contributed by atoms with van der Waals surface area (Å²) in [6, 6.07) is 3.41. The lowest BCUT2D eigenvalue weighted by Gasteiger charge is -2.35. The van der Waals surface area contributed by atoms with Crippen LogP contribution in [0.4, 0.5) is 0 Å². The van der Waals surface area contributed by atoms with Crippen LogP contribution in [0.15, 0.2) is 21.7 Å². The zero-order valence-electron chi connectivity index (χ0n) is 10.7. The monoisotopic (exact) mass is 319 g/mol. The minimum absolute atomic E-state index is 0.412. The molecule has 0 atom stereocenters. The van der Waals surface area contributed by atoms with E-state index in [1.807, 2.05) is 11.8 Å². The highest BCUT2D eigenvalue weighted by Crippen LogP contribution is 2.21. The van der Waals surface area contributed by atoms with Gasteiger partial charge in [-0.2, -0.15) is 4.31 Å². The van der Waals surface area contributed by atoms with Gasteiger partial charge in [0.1, 0.15) is 4.21 Å². The van der Waals surface area contributed by atoms with Crippen LogP contribution in [0.3, 0.4) is 0 Å². The van der Waals surface area contributed by atoms with Crippen molar-refractivity contribution in [3.8, 4) is 0 Å². The lowest BCUT2D eigenvalue weighted by molar-refractivity contribution is 0.264. The van der Waals surface area contributed by atoms with Gasteiger partial charge >= 0.3 is 0 Å². The lowest BCUT2D eigenvalue weighted by atomic mass is 10.4. The molecule has 1 aromatic rings. The van der Waals surface area contributed by atoms with E-state index in [4.69, 9.17) is 12.2 Å². The standard InChI is InChI=1S/C11H17N3O2S3/c1-2-12-11(17)13-5-7-14(8-6-13)19(15,16)10-4-3-9-18-10/h3-4,9H,2,5-8H2,1H3,(H,12,17). The maximum absolute atomic E-state index is 12.3. The summed E-state index contributed by atoms with van der Waals surface area (Å²) in [5.74, 6) is 0. The summed E-state index contributed by atoms with van der Waals surface area (Å²) >= 11 is 6.49. The minimum atomic E-state index is -3.32. The van der Waals surface area contributed by atoms with Gasteiger partial charge < -0.3 is 10.2 Å². The Kier molecular flexibility index (Phi) is 4.77. The molecule has 0 radical (unpaired) electrons. The van der Waals surface area contributed by atoms with Crippen LogP contribution in [-0.4, -0.2) is 55.5 Å². The van der Waals surface area contributed by atoms with E-state index < -0.39 is 10.0 Å². The van der Waals surface area contributed by atoms with Gasteiger partial charge in [-0.1, -0.05) is 6.07 Å². The number of nitrogens with zero attached hydrogens (tertiary/aromatic N) is 2. The average molecular weight is 319 g/mol. The second-order valence-electron chi connectivity index (χ2n) is 4.16. The average Bonchev–Trinajstić information content (AvgIpc) is 2.94. The second kappa shape index (κ2) is 6.17. The molecule has 1 fully saturated rings. The van der Waals surface area contributed by atoms with Crippen molar-refractivity contribution in [2.45, 2.75) is 11.1 Å². The van der Waals surface area contributed by atoms with Crippen LogP contribution in [-0.2, 0) is 10.0 Å². The van der Waals surface area contributed by atoms with Crippen molar-refractivity contribution in [3.63, 3.8) is 0 Å². The van der Waals surface area contributed by atoms with E-state index in [1.54, 1.807) is 17.5 Å². The Balaban J connectivity index is 1.99. The van der Waals surface area contributed by atoms with E-state index in [-0.39, 0.29) is 0 Å². The van der Waals surface area contributed by atoms with Crippen LogP contribution >= 0.6 is 23.6 Å². The van der Waals surface area contributed by atoms with Crippen molar-refractivity contribution in [1.82, 2.24) is 14.5 Å². The highest BCUT2D eigenvalue weighted by atomic mass is 32.2. The van der Waals surface area contributed by atoms with Crippen molar-refractivity contribution in [2.75, 3.05) is 32.7 Å². The predicted octanol–water partition coefficient (Wildman–Crippen LogP) is 0.949. The SMILES string of the molecule is CCNC(=S)N1CCN(S(=O)(=O)c2cccs2)CC1. The highest BCUT2D eigenvalue weighted by Gasteiger charge is 2.29. The Morgan fingerprint density at radius 1 is 1.42 bits per heavy atom. The second-order valence-corrected chi connectivity index (χ2v) is 7.66. The number of rotatable bonds is 3. The number of hydrogen-bond donors (Lipinski definition) is 1. The Bertz CT molecular complexity index is 519. The van der Waals surface area contributed by atoms with Gasteiger partial charge in [-0.3, -0.25) is 0 Å². The smallest absolute Gasteiger partial charge is 0.252 e. The predicted molar refractivity (Wildman–Crippen MR) is 80.9 cm³/mol. The first-order valence-electron chi connectivity index (χ1n) is 6.12. The van der Waals surface area contributed by atoms with Crippen molar-refractivity contribution in [3.05, 3.63) is 17.5 Å². The molecule has 1 saturated heterocycles. The summed E-state index contributed by atoms with van der Waals surface area (Å²) in [4.78, 5) is 2.01. The van der Waals surface area contributed by atoms with Crippen molar-refractivity contribution in [1.29, 1.82) is 0 Å². The third kappa shape index (κ3) is 3.25. The zero-order valence-corrected chi connectivity index (χ0v) is 13.2. The summed E-state index contributed by atoms with van der Waals surface area (Å²) < 4.78 is 26.6. The number of sulfonamides is 1. The van der Waals surface area contributed by atoms with Gasteiger partial charge in [-0.05, 0) is 30.6 Å². The maximum Gasteiger partial charge on any atom is 0.252 e. The fourth-order valence-corrected chi connectivity index (χ4v) is 4.83. The van der Waals surface area contributed by atoms with Crippen molar-refractivity contribution >= 4 is 38.7 Å². The number of thiophene rings is 1. The molecule has 5 nitrogen and oxygen atoms in total. The Morgan fingerprint density at radius 2 is 2.11 bits per heavy atom. The molecule has 0 bridgehead atoms. The molecule has 0 aromatic carbocycles. The topological polar surface area (TPSA) is 52.6 Å².